The molecule has 0 spiro atoms. The lowest BCUT2D eigenvalue weighted by Crippen LogP contribution is -2.41. The summed E-state index contributed by atoms with van der Waals surface area (Å²) in [5, 5.41) is 0. The molecule has 0 saturated heterocycles. The van der Waals surface area contributed by atoms with Crippen LogP contribution >= 0.6 is 15.9 Å². The van der Waals surface area contributed by atoms with Crippen molar-refractivity contribution in [2.75, 3.05) is 7.05 Å². The number of halogens is 1. The summed E-state index contributed by atoms with van der Waals surface area (Å²) in [6, 6.07) is 7.46. The Kier molecular flexibility index (Phi) is 5.12. The van der Waals surface area contributed by atoms with E-state index in [1.54, 1.807) is 20.9 Å². The van der Waals surface area contributed by atoms with Gasteiger partial charge in [-0.05, 0) is 25.5 Å². The van der Waals surface area contributed by atoms with Crippen molar-refractivity contribution in [2.24, 2.45) is 0 Å². The van der Waals surface area contributed by atoms with Crippen LogP contribution in [0.15, 0.2) is 28.7 Å². The van der Waals surface area contributed by atoms with Gasteiger partial charge in [0.05, 0.1) is 0 Å². The maximum atomic E-state index is 11.9. The van der Waals surface area contributed by atoms with Crippen molar-refractivity contribution < 1.29 is 8.42 Å². The molecule has 0 radical (unpaired) electrons. The summed E-state index contributed by atoms with van der Waals surface area (Å²) in [5.74, 6) is 0. The molecule has 0 saturated carbocycles. The van der Waals surface area contributed by atoms with Crippen molar-refractivity contribution in [3.05, 3.63) is 34.3 Å². The molecule has 0 aliphatic rings. The van der Waals surface area contributed by atoms with E-state index in [9.17, 15) is 8.42 Å². The van der Waals surface area contributed by atoms with Crippen molar-refractivity contribution in [3.63, 3.8) is 0 Å². The quantitative estimate of drug-likeness (QED) is 0.903. The Morgan fingerprint density at radius 2 is 1.94 bits per heavy atom. The van der Waals surface area contributed by atoms with Crippen molar-refractivity contribution in [2.45, 2.75) is 26.4 Å². The van der Waals surface area contributed by atoms with Gasteiger partial charge in [0, 0.05) is 24.1 Å². The minimum atomic E-state index is -3.41. The Bertz CT molecular complexity index is 474. The molecule has 0 aliphatic carbocycles. The highest BCUT2D eigenvalue weighted by atomic mass is 79.9. The number of hydrogen-bond donors (Lipinski definition) is 1. The van der Waals surface area contributed by atoms with Gasteiger partial charge in [-0.15, -0.1) is 0 Å². The molecule has 0 fully saturated rings. The monoisotopic (exact) mass is 320 g/mol. The average Bonchev–Trinajstić information content (AvgIpc) is 2.19. The van der Waals surface area contributed by atoms with E-state index in [1.165, 1.54) is 4.31 Å². The molecule has 0 heterocycles. The van der Waals surface area contributed by atoms with Crippen LogP contribution in [0, 0.1) is 0 Å². The number of nitrogens with zero attached hydrogens (tertiary/aromatic N) is 1. The van der Waals surface area contributed by atoms with Gasteiger partial charge < -0.3 is 0 Å². The Hall–Kier alpha value is -0.430. The van der Waals surface area contributed by atoms with Gasteiger partial charge in [0.2, 0.25) is 0 Å². The second-order valence-electron chi connectivity index (χ2n) is 4.13. The van der Waals surface area contributed by atoms with E-state index in [0.29, 0.717) is 6.54 Å². The third kappa shape index (κ3) is 4.39. The van der Waals surface area contributed by atoms with Crippen molar-refractivity contribution in [1.82, 2.24) is 9.03 Å². The van der Waals surface area contributed by atoms with Gasteiger partial charge in [-0.25, -0.2) is 0 Å². The molecule has 0 atom stereocenters. The van der Waals surface area contributed by atoms with Crippen LogP contribution in [0.4, 0.5) is 0 Å². The molecule has 1 N–H and O–H groups in total. The zero-order valence-corrected chi connectivity index (χ0v) is 12.5. The lowest BCUT2D eigenvalue weighted by molar-refractivity contribution is 0.448. The van der Waals surface area contributed by atoms with E-state index in [2.05, 4.69) is 20.7 Å². The fourth-order valence-corrected chi connectivity index (χ4v) is 2.83. The summed E-state index contributed by atoms with van der Waals surface area (Å²) in [5.41, 5.74) is 0.934. The minimum absolute atomic E-state index is 0.110. The second-order valence-corrected chi connectivity index (χ2v) is 6.79. The fraction of sp³-hybridized carbons (Fsp3) is 0.455. The van der Waals surface area contributed by atoms with E-state index in [0.717, 1.165) is 10.0 Å². The lowest BCUT2D eigenvalue weighted by atomic mass is 10.2. The van der Waals surface area contributed by atoms with Gasteiger partial charge in [0.25, 0.3) is 10.2 Å². The third-order valence-corrected chi connectivity index (χ3v) is 4.64. The van der Waals surface area contributed by atoms with E-state index < -0.39 is 10.2 Å². The maximum Gasteiger partial charge on any atom is 0.279 e. The summed E-state index contributed by atoms with van der Waals surface area (Å²) in [4.78, 5) is 0. The summed E-state index contributed by atoms with van der Waals surface area (Å²) < 4.78 is 28.5. The SMILES string of the molecule is CC(C)NS(=O)(=O)N(C)Cc1ccccc1Br. The maximum absolute atomic E-state index is 11.9. The van der Waals surface area contributed by atoms with Gasteiger partial charge in [0.15, 0.2) is 0 Å². The number of nitrogens with one attached hydrogen (secondary N) is 1. The van der Waals surface area contributed by atoms with Gasteiger partial charge >= 0.3 is 0 Å². The largest absolute Gasteiger partial charge is 0.279 e. The topological polar surface area (TPSA) is 49.4 Å². The van der Waals surface area contributed by atoms with Gasteiger partial charge in [-0.1, -0.05) is 34.1 Å². The molecular weight excluding hydrogens is 304 g/mol. The van der Waals surface area contributed by atoms with Crippen molar-refractivity contribution in [1.29, 1.82) is 0 Å². The molecule has 0 bridgehead atoms. The first-order chi connectivity index (χ1) is 7.83. The zero-order valence-electron chi connectivity index (χ0n) is 10.1. The van der Waals surface area contributed by atoms with Crippen LogP contribution in [0.1, 0.15) is 19.4 Å². The molecule has 1 rings (SSSR count). The third-order valence-electron chi connectivity index (χ3n) is 2.15. The Morgan fingerprint density at radius 1 is 1.35 bits per heavy atom. The van der Waals surface area contributed by atoms with Crippen molar-refractivity contribution >= 4 is 26.1 Å². The Balaban J connectivity index is 2.79. The average molecular weight is 321 g/mol. The first-order valence-electron chi connectivity index (χ1n) is 5.30. The molecule has 0 unspecified atom stereocenters. The molecule has 0 aliphatic heterocycles. The lowest BCUT2D eigenvalue weighted by Gasteiger charge is -2.19. The van der Waals surface area contributed by atoms with E-state index in [4.69, 9.17) is 0 Å². The molecule has 96 valence electrons. The molecule has 6 heteroatoms. The van der Waals surface area contributed by atoms with Crippen LogP contribution in [0.25, 0.3) is 0 Å². The summed E-state index contributed by atoms with van der Waals surface area (Å²) in [6.07, 6.45) is 0. The second kappa shape index (κ2) is 5.95. The predicted molar refractivity (Wildman–Crippen MR) is 72.8 cm³/mol. The molecule has 4 nitrogen and oxygen atoms in total. The number of rotatable bonds is 5. The number of hydrogen-bond acceptors (Lipinski definition) is 2. The summed E-state index contributed by atoms with van der Waals surface area (Å²) in [7, 11) is -1.85. The van der Waals surface area contributed by atoms with Gasteiger partial charge in [0.1, 0.15) is 0 Å². The van der Waals surface area contributed by atoms with Crippen LogP contribution in [-0.2, 0) is 16.8 Å². The Labute approximate surface area is 111 Å². The highest BCUT2D eigenvalue weighted by Crippen LogP contribution is 2.18. The number of benzene rings is 1. The van der Waals surface area contributed by atoms with E-state index in [1.807, 2.05) is 24.3 Å². The highest BCUT2D eigenvalue weighted by molar-refractivity contribution is 9.10. The van der Waals surface area contributed by atoms with Crippen LogP contribution in [0.3, 0.4) is 0 Å². The first-order valence-corrected chi connectivity index (χ1v) is 7.53. The Morgan fingerprint density at radius 3 is 2.47 bits per heavy atom. The van der Waals surface area contributed by atoms with Gasteiger partial charge in [-0.3, -0.25) is 0 Å². The van der Waals surface area contributed by atoms with Crippen LogP contribution in [0.2, 0.25) is 0 Å². The fourth-order valence-electron chi connectivity index (χ4n) is 1.34. The smallest absolute Gasteiger partial charge is 0.200 e. The van der Waals surface area contributed by atoms with E-state index in [-0.39, 0.29) is 6.04 Å². The molecule has 0 amide bonds. The molecular formula is C11H17BrN2O2S. The predicted octanol–water partition coefficient (Wildman–Crippen LogP) is 2.12. The zero-order chi connectivity index (χ0) is 13.1. The highest BCUT2D eigenvalue weighted by Gasteiger charge is 2.19. The normalized spacial score (nSPS) is 12.4. The molecule has 0 aromatic heterocycles. The van der Waals surface area contributed by atoms with E-state index >= 15 is 0 Å². The molecule has 17 heavy (non-hydrogen) atoms. The minimum Gasteiger partial charge on any atom is -0.200 e. The summed E-state index contributed by atoms with van der Waals surface area (Å²) >= 11 is 3.40. The first kappa shape index (κ1) is 14.6. The van der Waals surface area contributed by atoms with Crippen LogP contribution < -0.4 is 4.72 Å². The van der Waals surface area contributed by atoms with Crippen molar-refractivity contribution in [3.8, 4) is 0 Å². The standard InChI is InChI=1S/C11H17BrN2O2S/c1-9(2)13-17(15,16)14(3)8-10-6-4-5-7-11(10)12/h4-7,9,13H,8H2,1-3H3. The summed E-state index contributed by atoms with van der Waals surface area (Å²) in [6.45, 7) is 3.93. The molecule has 1 aromatic carbocycles. The molecule has 1 aromatic rings. The van der Waals surface area contributed by atoms with Crippen LogP contribution in [0.5, 0.6) is 0 Å². The van der Waals surface area contributed by atoms with Crippen LogP contribution in [-0.4, -0.2) is 25.8 Å². The van der Waals surface area contributed by atoms with Gasteiger partial charge in [-0.2, -0.15) is 17.4 Å².